The predicted octanol–water partition coefficient (Wildman–Crippen LogP) is 4.05. The summed E-state index contributed by atoms with van der Waals surface area (Å²) in [5.41, 5.74) is 0.764. The van der Waals surface area contributed by atoms with Crippen molar-refractivity contribution in [2.24, 2.45) is 0 Å². The maximum absolute atomic E-state index is 12.0. The smallest absolute Gasteiger partial charge is 0.284 e. The van der Waals surface area contributed by atoms with Crippen LogP contribution >= 0.6 is 11.8 Å². The summed E-state index contributed by atoms with van der Waals surface area (Å²) in [4.78, 5) is 0. The maximum atomic E-state index is 12.0. The Bertz CT molecular complexity index is 531. The SMILES string of the molecule is Oc1cccc(NCc2ccc(CSC(F)F)o2)c1. The third kappa shape index (κ3) is 4.48. The molecule has 102 valence electrons. The second-order valence-corrected chi connectivity index (χ2v) is 4.82. The molecule has 6 heteroatoms. The van der Waals surface area contributed by atoms with Crippen LogP contribution in [0, 0.1) is 0 Å². The Balaban J connectivity index is 1.86. The summed E-state index contributed by atoms with van der Waals surface area (Å²) in [5, 5.41) is 12.4. The molecule has 0 atom stereocenters. The Morgan fingerprint density at radius 2 is 2.00 bits per heavy atom. The molecule has 2 rings (SSSR count). The van der Waals surface area contributed by atoms with Crippen molar-refractivity contribution in [3.05, 3.63) is 47.9 Å². The Kier molecular flexibility index (Phi) is 4.68. The summed E-state index contributed by atoms with van der Waals surface area (Å²) < 4.78 is 29.4. The zero-order valence-corrected chi connectivity index (χ0v) is 10.8. The first-order valence-electron chi connectivity index (χ1n) is 5.64. The Hall–Kier alpha value is -1.69. The predicted molar refractivity (Wildman–Crippen MR) is 71.4 cm³/mol. The number of alkyl halides is 2. The lowest BCUT2D eigenvalue weighted by Gasteiger charge is -2.04. The topological polar surface area (TPSA) is 45.4 Å². The molecule has 0 radical (unpaired) electrons. The zero-order valence-electron chi connectivity index (χ0n) is 9.98. The number of rotatable bonds is 6. The largest absolute Gasteiger partial charge is 0.508 e. The average Bonchev–Trinajstić information content (AvgIpc) is 2.82. The Labute approximate surface area is 113 Å². The molecule has 0 aliphatic carbocycles. The minimum absolute atomic E-state index is 0.157. The van der Waals surface area contributed by atoms with Gasteiger partial charge in [0, 0.05) is 11.8 Å². The number of hydrogen-bond donors (Lipinski definition) is 2. The fourth-order valence-electron chi connectivity index (χ4n) is 1.55. The van der Waals surface area contributed by atoms with Crippen molar-refractivity contribution in [2.75, 3.05) is 5.32 Å². The number of benzene rings is 1. The standard InChI is InChI=1S/C13H13F2NO2S/c14-13(15)19-8-12-5-4-11(18-12)7-16-9-2-1-3-10(17)6-9/h1-6,13,16-17H,7-8H2. The monoisotopic (exact) mass is 285 g/mol. The van der Waals surface area contributed by atoms with E-state index in [1.165, 1.54) is 0 Å². The van der Waals surface area contributed by atoms with Gasteiger partial charge in [0.15, 0.2) is 0 Å². The van der Waals surface area contributed by atoms with E-state index in [1.54, 1.807) is 30.3 Å². The van der Waals surface area contributed by atoms with Gasteiger partial charge in [-0.1, -0.05) is 17.8 Å². The molecule has 0 aliphatic rings. The lowest BCUT2D eigenvalue weighted by Crippen LogP contribution is -1.97. The minimum Gasteiger partial charge on any atom is -0.508 e. The van der Waals surface area contributed by atoms with Crippen molar-refractivity contribution in [1.82, 2.24) is 0 Å². The van der Waals surface area contributed by atoms with Gasteiger partial charge in [-0.3, -0.25) is 0 Å². The summed E-state index contributed by atoms with van der Waals surface area (Å²) in [6.07, 6.45) is 0. The molecule has 0 saturated carbocycles. The molecular formula is C13H13F2NO2S. The summed E-state index contributed by atoms with van der Waals surface area (Å²) >= 11 is 0.534. The van der Waals surface area contributed by atoms with Crippen molar-refractivity contribution in [1.29, 1.82) is 0 Å². The fraction of sp³-hybridized carbons (Fsp3) is 0.231. The van der Waals surface area contributed by atoms with Crippen LogP contribution in [-0.2, 0) is 12.3 Å². The summed E-state index contributed by atoms with van der Waals surface area (Å²) in [6, 6.07) is 10.2. The number of phenols is 1. The lowest BCUT2D eigenvalue weighted by atomic mass is 10.3. The molecule has 19 heavy (non-hydrogen) atoms. The molecule has 0 unspecified atom stereocenters. The highest BCUT2D eigenvalue weighted by atomic mass is 32.2. The van der Waals surface area contributed by atoms with E-state index >= 15 is 0 Å². The normalized spacial score (nSPS) is 10.9. The van der Waals surface area contributed by atoms with E-state index in [-0.39, 0.29) is 11.5 Å². The molecule has 2 aromatic rings. The molecule has 0 fully saturated rings. The first-order valence-corrected chi connectivity index (χ1v) is 6.68. The van der Waals surface area contributed by atoms with Crippen LogP contribution in [0.15, 0.2) is 40.8 Å². The molecule has 1 aromatic heterocycles. The van der Waals surface area contributed by atoms with Crippen molar-refractivity contribution >= 4 is 17.4 Å². The number of aromatic hydroxyl groups is 1. The summed E-state index contributed by atoms with van der Waals surface area (Å²) in [6.45, 7) is 0.433. The minimum atomic E-state index is -2.39. The van der Waals surface area contributed by atoms with Crippen molar-refractivity contribution in [3.8, 4) is 5.75 Å². The Morgan fingerprint density at radius 3 is 2.74 bits per heavy atom. The highest BCUT2D eigenvalue weighted by Crippen LogP contribution is 2.22. The molecule has 0 bridgehead atoms. The van der Waals surface area contributed by atoms with Crippen molar-refractivity contribution < 1.29 is 18.3 Å². The van der Waals surface area contributed by atoms with Gasteiger partial charge in [-0.25, -0.2) is 0 Å². The first-order chi connectivity index (χ1) is 9.13. The van der Waals surface area contributed by atoms with Gasteiger partial charge in [0.1, 0.15) is 17.3 Å². The van der Waals surface area contributed by atoms with E-state index in [9.17, 15) is 13.9 Å². The first kappa shape index (κ1) is 13.7. The van der Waals surface area contributed by atoms with E-state index in [0.29, 0.717) is 29.8 Å². The van der Waals surface area contributed by atoms with Crippen molar-refractivity contribution in [3.63, 3.8) is 0 Å². The van der Waals surface area contributed by atoms with Crippen LogP contribution in [0.1, 0.15) is 11.5 Å². The van der Waals surface area contributed by atoms with Gasteiger partial charge in [-0.2, -0.15) is 8.78 Å². The van der Waals surface area contributed by atoms with Crippen LogP contribution in [0.2, 0.25) is 0 Å². The quantitative estimate of drug-likeness (QED) is 0.840. The van der Waals surface area contributed by atoms with Crippen LogP contribution in [0.3, 0.4) is 0 Å². The van der Waals surface area contributed by atoms with Crippen LogP contribution in [-0.4, -0.2) is 10.9 Å². The number of halogens is 2. The molecule has 3 nitrogen and oxygen atoms in total. The van der Waals surface area contributed by atoms with Crippen LogP contribution in [0.5, 0.6) is 5.75 Å². The summed E-state index contributed by atoms with van der Waals surface area (Å²) in [5.74, 6) is -0.868. The second-order valence-electron chi connectivity index (χ2n) is 3.84. The van der Waals surface area contributed by atoms with E-state index in [2.05, 4.69) is 5.32 Å². The van der Waals surface area contributed by atoms with E-state index in [0.717, 1.165) is 5.69 Å². The number of thioether (sulfide) groups is 1. The molecule has 0 aliphatic heterocycles. The number of phenolic OH excluding ortho intramolecular Hbond substituents is 1. The van der Waals surface area contributed by atoms with Crippen LogP contribution in [0.25, 0.3) is 0 Å². The van der Waals surface area contributed by atoms with Gasteiger partial charge in [0.05, 0.1) is 12.3 Å². The van der Waals surface area contributed by atoms with Gasteiger partial charge in [0.25, 0.3) is 5.76 Å². The third-order valence-electron chi connectivity index (χ3n) is 2.38. The van der Waals surface area contributed by atoms with Gasteiger partial charge < -0.3 is 14.8 Å². The highest BCUT2D eigenvalue weighted by Gasteiger charge is 2.07. The lowest BCUT2D eigenvalue weighted by molar-refractivity contribution is 0.251. The maximum Gasteiger partial charge on any atom is 0.284 e. The molecular weight excluding hydrogens is 272 g/mol. The number of anilines is 1. The van der Waals surface area contributed by atoms with E-state index < -0.39 is 5.76 Å². The summed E-state index contributed by atoms with van der Waals surface area (Å²) in [7, 11) is 0. The Morgan fingerprint density at radius 1 is 1.21 bits per heavy atom. The molecule has 1 heterocycles. The van der Waals surface area contributed by atoms with Crippen LogP contribution < -0.4 is 5.32 Å². The van der Waals surface area contributed by atoms with Gasteiger partial charge in [-0.15, -0.1) is 0 Å². The molecule has 0 saturated heterocycles. The third-order valence-corrected chi connectivity index (χ3v) is 3.08. The van der Waals surface area contributed by atoms with Crippen molar-refractivity contribution in [2.45, 2.75) is 18.1 Å². The molecule has 0 amide bonds. The van der Waals surface area contributed by atoms with E-state index in [4.69, 9.17) is 4.42 Å². The van der Waals surface area contributed by atoms with Crippen LogP contribution in [0.4, 0.5) is 14.5 Å². The van der Waals surface area contributed by atoms with Gasteiger partial charge >= 0.3 is 0 Å². The number of nitrogens with one attached hydrogen (secondary N) is 1. The second kappa shape index (κ2) is 6.47. The average molecular weight is 285 g/mol. The zero-order chi connectivity index (χ0) is 13.7. The fourth-order valence-corrected chi connectivity index (χ4v) is 1.99. The molecule has 1 aromatic carbocycles. The number of hydrogen-bond acceptors (Lipinski definition) is 4. The molecule has 2 N–H and O–H groups in total. The highest BCUT2D eigenvalue weighted by molar-refractivity contribution is 7.98. The number of furan rings is 1. The molecule has 0 spiro atoms. The van der Waals surface area contributed by atoms with Gasteiger partial charge in [-0.05, 0) is 24.3 Å². The van der Waals surface area contributed by atoms with E-state index in [1.807, 2.05) is 6.07 Å². The van der Waals surface area contributed by atoms with Gasteiger partial charge in [0.2, 0.25) is 0 Å².